The standard InChI is InChI=1S/C22H30N4O2.HI/c1-5-23-21(26-19-16-10-11-27-20(16)22(19,3)4)25-13-18-24-12-17(28-18)15-8-6-14(2)7-9-15;/h6-9,12,16,19-20H,5,10-11,13H2,1-4H3,(H2,23,25,26);1H. The van der Waals surface area contributed by atoms with E-state index in [4.69, 9.17) is 14.1 Å². The van der Waals surface area contributed by atoms with Crippen molar-refractivity contribution in [3.05, 3.63) is 41.9 Å². The van der Waals surface area contributed by atoms with E-state index in [1.807, 2.05) is 12.1 Å². The van der Waals surface area contributed by atoms with Crippen LogP contribution < -0.4 is 10.6 Å². The van der Waals surface area contributed by atoms with Gasteiger partial charge < -0.3 is 19.8 Å². The molecule has 7 heteroatoms. The van der Waals surface area contributed by atoms with E-state index in [0.29, 0.717) is 30.5 Å². The first kappa shape index (κ1) is 22.1. The Bertz CT molecular complexity index is 847. The smallest absolute Gasteiger partial charge is 0.216 e. The molecule has 1 aliphatic heterocycles. The molecule has 2 aromatic rings. The highest BCUT2D eigenvalue weighted by atomic mass is 127. The van der Waals surface area contributed by atoms with Crippen molar-refractivity contribution in [3.8, 4) is 11.3 Å². The molecule has 0 amide bonds. The fourth-order valence-electron chi connectivity index (χ4n) is 4.47. The molecule has 3 unspecified atom stereocenters. The lowest BCUT2D eigenvalue weighted by atomic mass is 9.57. The van der Waals surface area contributed by atoms with Crippen LogP contribution in [0.4, 0.5) is 0 Å². The summed E-state index contributed by atoms with van der Waals surface area (Å²) in [5.74, 6) is 2.76. The SMILES string of the molecule is CCNC(=NCc1ncc(-c2ccc(C)cc2)o1)NC1C2CCOC2C1(C)C.I. The molecule has 158 valence electrons. The molecule has 2 N–H and O–H groups in total. The highest BCUT2D eigenvalue weighted by molar-refractivity contribution is 14.0. The fraction of sp³-hybridized carbons (Fsp3) is 0.545. The highest BCUT2D eigenvalue weighted by Crippen LogP contribution is 2.52. The van der Waals surface area contributed by atoms with E-state index < -0.39 is 0 Å². The molecular weight excluding hydrogens is 479 g/mol. The molecule has 1 saturated heterocycles. The first-order valence-corrected chi connectivity index (χ1v) is 10.2. The van der Waals surface area contributed by atoms with Gasteiger partial charge in [0.25, 0.3) is 0 Å². The zero-order valence-electron chi connectivity index (χ0n) is 17.6. The number of benzene rings is 1. The predicted molar refractivity (Wildman–Crippen MR) is 125 cm³/mol. The number of aliphatic imine (C=N–C) groups is 1. The van der Waals surface area contributed by atoms with Crippen LogP contribution in [0.1, 0.15) is 38.6 Å². The molecule has 2 aliphatic rings. The van der Waals surface area contributed by atoms with Gasteiger partial charge in [-0.05, 0) is 20.3 Å². The summed E-state index contributed by atoms with van der Waals surface area (Å²) < 4.78 is 11.8. The summed E-state index contributed by atoms with van der Waals surface area (Å²) in [4.78, 5) is 9.10. The molecule has 0 spiro atoms. The van der Waals surface area contributed by atoms with Gasteiger partial charge in [0.2, 0.25) is 5.89 Å². The topological polar surface area (TPSA) is 71.7 Å². The minimum atomic E-state index is 0. The molecule has 1 aliphatic carbocycles. The molecule has 29 heavy (non-hydrogen) atoms. The van der Waals surface area contributed by atoms with E-state index >= 15 is 0 Å². The van der Waals surface area contributed by atoms with Gasteiger partial charge in [-0.1, -0.05) is 43.7 Å². The predicted octanol–water partition coefficient (Wildman–Crippen LogP) is 4.14. The van der Waals surface area contributed by atoms with Crippen molar-refractivity contribution in [2.75, 3.05) is 13.2 Å². The van der Waals surface area contributed by atoms with E-state index in [1.54, 1.807) is 6.20 Å². The Morgan fingerprint density at radius 1 is 1.28 bits per heavy atom. The minimum absolute atomic E-state index is 0. The lowest BCUT2D eigenvalue weighted by Crippen LogP contribution is -2.67. The molecule has 1 aromatic heterocycles. The number of hydrogen-bond donors (Lipinski definition) is 2. The van der Waals surface area contributed by atoms with E-state index in [2.05, 4.69) is 55.4 Å². The van der Waals surface area contributed by atoms with Crippen LogP contribution in [0.15, 0.2) is 39.9 Å². The van der Waals surface area contributed by atoms with Crippen molar-refractivity contribution in [2.45, 2.75) is 52.8 Å². The van der Waals surface area contributed by atoms with Crippen LogP contribution in [0, 0.1) is 18.3 Å². The van der Waals surface area contributed by atoms with Crippen LogP contribution in [-0.2, 0) is 11.3 Å². The highest BCUT2D eigenvalue weighted by Gasteiger charge is 2.59. The Hall–Kier alpha value is -1.61. The summed E-state index contributed by atoms with van der Waals surface area (Å²) in [5, 5.41) is 6.96. The number of ether oxygens (including phenoxy) is 1. The molecule has 0 radical (unpaired) electrons. The second-order valence-electron chi connectivity index (χ2n) is 8.37. The van der Waals surface area contributed by atoms with Gasteiger partial charge in [-0.15, -0.1) is 24.0 Å². The number of aromatic nitrogens is 1. The third kappa shape index (κ3) is 4.45. The maximum atomic E-state index is 5.90. The van der Waals surface area contributed by atoms with Crippen LogP contribution in [0.3, 0.4) is 0 Å². The van der Waals surface area contributed by atoms with E-state index in [9.17, 15) is 0 Å². The summed E-state index contributed by atoms with van der Waals surface area (Å²) in [6.07, 6.45) is 3.24. The van der Waals surface area contributed by atoms with Gasteiger partial charge in [0.1, 0.15) is 6.54 Å². The molecule has 1 aromatic carbocycles. The Balaban J connectivity index is 0.00000240. The summed E-state index contributed by atoms with van der Waals surface area (Å²) in [7, 11) is 0. The third-order valence-corrected chi connectivity index (χ3v) is 6.00. The Morgan fingerprint density at radius 3 is 2.76 bits per heavy atom. The summed E-state index contributed by atoms with van der Waals surface area (Å²) in [6, 6.07) is 8.61. The normalized spacial score (nSPS) is 25.0. The van der Waals surface area contributed by atoms with Crippen molar-refractivity contribution >= 4 is 29.9 Å². The van der Waals surface area contributed by atoms with Crippen molar-refractivity contribution < 1.29 is 9.15 Å². The van der Waals surface area contributed by atoms with Gasteiger partial charge in [-0.25, -0.2) is 9.98 Å². The largest absolute Gasteiger partial charge is 0.439 e. The Morgan fingerprint density at radius 2 is 2.03 bits per heavy atom. The number of guanidine groups is 1. The Kier molecular flexibility index (Phi) is 6.88. The molecule has 1 saturated carbocycles. The van der Waals surface area contributed by atoms with Crippen molar-refractivity contribution in [1.82, 2.24) is 15.6 Å². The summed E-state index contributed by atoms with van der Waals surface area (Å²) in [6.45, 7) is 10.8. The maximum Gasteiger partial charge on any atom is 0.216 e. The average molecular weight is 510 g/mol. The average Bonchev–Trinajstić information content (AvgIpc) is 3.33. The summed E-state index contributed by atoms with van der Waals surface area (Å²) >= 11 is 0. The number of nitrogens with zero attached hydrogens (tertiary/aromatic N) is 2. The van der Waals surface area contributed by atoms with Gasteiger partial charge in [-0.2, -0.15) is 0 Å². The lowest BCUT2D eigenvalue weighted by Gasteiger charge is -2.54. The number of hydrogen-bond acceptors (Lipinski definition) is 4. The second kappa shape index (κ2) is 9.04. The number of oxazole rings is 1. The first-order chi connectivity index (χ1) is 13.5. The zero-order chi connectivity index (χ0) is 19.7. The van der Waals surface area contributed by atoms with E-state index in [0.717, 1.165) is 36.9 Å². The molecule has 4 rings (SSSR count). The molecular formula is C22H31IN4O2. The second-order valence-corrected chi connectivity index (χ2v) is 8.37. The van der Waals surface area contributed by atoms with Crippen molar-refractivity contribution in [3.63, 3.8) is 0 Å². The van der Waals surface area contributed by atoms with Crippen LogP contribution in [-0.4, -0.2) is 36.2 Å². The van der Waals surface area contributed by atoms with Crippen molar-refractivity contribution in [1.29, 1.82) is 0 Å². The van der Waals surface area contributed by atoms with Gasteiger partial charge in [-0.3, -0.25) is 0 Å². The van der Waals surface area contributed by atoms with Gasteiger partial charge >= 0.3 is 0 Å². The molecule has 0 bridgehead atoms. The van der Waals surface area contributed by atoms with Gasteiger partial charge in [0.05, 0.1) is 12.3 Å². The number of fused-ring (bicyclic) bond motifs is 1. The molecule has 2 heterocycles. The lowest BCUT2D eigenvalue weighted by molar-refractivity contribution is -0.106. The van der Waals surface area contributed by atoms with Gasteiger partial charge in [0.15, 0.2) is 11.7 Å². The van der Waals surface area contributed by atoms with Crippen LogP contribution >= 0.6 is 24.0 Å². The minimum Gasteiger partial charge on any atom is -0.439 e. The zero-order valence-corrected chi connectivity index (χ0v) is 19.9. The fourth-order valence-corrected chi connectivity index (χ4v) is 4.47. The van der Waals surface area contributed by atoms with Crippen LogP contribution in [0.5, 0.6) is 0 Å². The van der Waals surface area contributed by atoms with Gasteiger partial charge in [0, 0.05) is 36.1 Å². The number of nitrogens with one attached hydrogen (secondary N) is 2. The number of halogens is 1. The van der Waals surface area contributed by atoms with Crippen LogP contribution in [0.2, 0.25) is 0 Å². The number of rotatable bonds is 5. The third-order valence-electron chi connectivity index (χ3n) is 6.00. The molecule has 2 fully saturated rings. The van der Waals surface area contributed by atoms with Crippen molar-refractivity contribution in [2.24, 2.45) is 16.3 Å². The molecule has 6 nitrogen and oxygen atoms in total. The Labute approximate surface area is 189 Å². The summed E-state index contributed by atoms with van der Waals surface area (Å²) in [5.41, 5.74) is 2.36. The van der Waals surface area contributed by atoms with E-state index in [-0.39, 0.29) is 29.4 Å². The maximum absolute atomic E-state index is 5.90. The van der Waals surface area contributed by atoms with Crippen LogP contribution in [0.25, 0.3) is 11.3 Å². The van der Waals surface area contributed by atoms with E-state index in [1.165, 1.54) is 5.56 Å². The monoisotopic (exact) mass is 510 g/mol. The first-order valence-electron chi connectivity index (χ1n) is 10.2. The molecule has 3 atom stereocenters. The quantitative estimate of drug-likeness (QED) is 0.360. The number of aryl methyl sites for hydroxylation is 1.